The average molecular weight is 317 g/mol. The minimum Gasteiger partial charge on any atom is -0.495 e. The average Bonchev–Trinajstić information content (AvgIpc) is 2.31. The van der Waals surface area contributed by atoms with Crippen LogP contribution in [0.3, 0.4) is 0 Å². The first kappa shape index (κ1) is 14.3. The van der Waals surface area contributed by atoms with Crippen molar-refractivity contribution in [3.8, 4) is 5.75 Å². The van der Waals surface area contributed by atoms with Gasteiger partial charge < -0.3 is 20.5 Å². The summed E-state index contributed by atoms with van der Waals surface area (Å²) in [7, 11) is 1.51. The van der Waals surface area contributed by atoms with Crippen molar-refractivity contribution in [2.24, 2.45) is 0 Å². The second kappa shape index (κ2) is 6.25. The first-order valence-corrected chi connectivity index (χ1v) is 5.87. The maximum absolute atomic E-state index is 11.5. The smallest absolute Gasteiger partial charge is 0.325 e. The van der Waals surface area contributed by atoms with Gasteiger partial charge in [-0.15, -0.1) is 0 Å². The van der Waals surface area contributed by atoms with E-state index in [4.69, 9.17) is 9.84 Å². The zero-order valence-corrected chi connectivity index (χ0v) is 11.4. The zero-order valence-electron chi connectivity index (χ0n) is 9.86. The first-order chi connectivity index (χ1) is 8.43. The Morgan fingerprint density at radius 1 is 1.44 bits per heavy atom. The fourth-order valence-electron chi connectivity index (χ4n) is 1.16. The van der Waals surface area contributed by atoms with Crippen LogP contribution in [0.4, 0.5) is 10.5 Å². The lowest BCUT2D eigenvalue weighted by atomic mass is 10.3. The van der Waals surface area contributed by atoms with Gasteiger partial charge in [0.2, 0.25) is 0 Å². The van der Waals surface area contributed by atoms with Crippen molar-refractivity contribution in [3.63, 3.8) is 0 Å². The summed E-state index contributed by atoms with van der Waals surface area (Å²) in [6, 6.07) is 3.46. The van der Waals surface area contributed by atoms with Crippen LogP contribution in [0.5, 0.6) is 5.75 Å². The molecule has 0 aliphatic carbocycles. The number of hydrogen-bond donors (Lipinski definition) is 3. The third kappa shape index (κ3) is 3.92. The second-order valence-corrected chi connectivity index (χ2v) is 4.36. The molecule has 0 aliphatic rings. The number of rotatable bonds is 4. The number of methoxy groups -OCH3 is 1. The maximum Gasteiger partial charge on any atom is 0.325 e. The molecule has 0 radical (unpaired) electrons. The Morgan fingerprint density at radius 2 is 2.11 bits per heavy atom. The number of halogens is 1. The van der Waals surface area contributed by atoms with Crippen LogP contribution < -0.4 is 15.4 Å². The predicted octanol–water partition coefficient (Wildman–Crippen LogP) is 2.05. The summed E-state index contributed by atoms with van der Waals surface area (Å²) in [4.78, 5) is 22.0. The Bertz CT molecular complexity index is 464. The molecule has 3 N–H and O–H groups in total. The Labute approximate surface area is 112 Å². The number of carboxylic acids is 1. The molecule has 0 bridgehead atoms. The highest BCUT2D eigenvalue weighted by Crippen LogP contribution is 2.27. The predicted molar refractivity (Wildman–Crippen MR) is 69.9 cm³/mol. The number of carboxylic acid groups (broad SMARTS) is 1. The molecule has 1 rings (SSSR count). The number of amides is 2. The Morgan fingerprint density at radius 3 is 2.67 bits per heavy atom. The number of urea groups is 1. The molecule has 0 saturated carbocycles. The maximum atomic E-state index is 11.5. The number of carbonyl (C=O) groups excluding carboxylic acids is 1. The highest BCUT2D eigenvalue weighted by atomic mass is 79.9. The molecule has 1 aromatic carbocycles. The summed E-state index contributed by atoms with van der Waals surface area (Å²) < 4.78 is 5.83. The van der Waals surface area contributed by atoms with Crippen LogP contribution in [-0.4, -0.2) is 30.3 Å². The van der Waals surface area contributed by atoms with Gasteiger partial charge in [0.05, 0.1) is 11.6 Å². The van der Waals surface area contributed by atoms with Crippen LogP contribution in [-0.2, 0) is 4.79 Å². The lowest BCUT2D eigenvalue weighted by Gasteiger charge is -2.11. The van der Waals surface area contributed by atoms with Crippen LogP contribution in [0, 0.1) is 0 Å². The summed E-state index contributed by atoms with van der Waals surface area (Å²) >= 11 is 3.29. The van der Waals surface area contributed by atoms with E-state index in [9.17, 15) is 9.59 Å². The van der Waals surface area contributed by atoms with Gasteiger partial charge in [0.1, 0.15) is 11.8 Å². The van der Waals surface area contributed by atoms with Gasteiger partial charge in [0.15, 0.2) is 0 Å². The van der Waals surface area contributed by atoms with Crippen molar-refractivity contribution in [3.05, 3.63) is 22.7 Å². The van der Waals surface area contributed by atoms with Gasteiger partial charge in [-0.05, 0) is 35.0 Å². The fraction of sp³-hybridized carbons (Fsp3) is 0.273. The number of anilines is 1. The summed E-state index contributed by atoms with van der Waals surface area (Å²) in [5, 5.41) is 13.4. The van der Waals surface area contributed by atoms with Gasteiger partial charge >= 0.3 is 12.0 Å². The van der Waals surface area contributed by atoms with Crippen LogP contribution in [0.2, 0.25) is 0 Å². The molecular formula is C11H13BrN2O4. The molecule has 1 aromatic rings. The molecule has 2 amide bonds. The molecule has 1 atom stereocenters. The Kier molecular flexibility index (Phi) is 4.96. The lowest BCUT2D eigenvalue weighted by Crippen LogP contribution is -2.40. The second-order valence-electron chi connectivity index (χ2n) is 3.51. The van der Waals surface area contributed by atoms with Crippen LogP contribution in [0.1, 0.15) is 6.92 Å². The monoisotopic (exact) mass is 316 g/mol. The summed E-state index contributed by atoms with van der Waals surface area (Å²) in [5.74, 6) is -0.530. The van der Waals surface area contributed by atoms with E-state index >= 15 is 0 Å². The molecule has 0 fully saturated rings. The van der Waals surface area contributed by atoms with Crippen molar-refractivity contribution in [1.82, 2.24) is 5.32 Å². The molecular weight excluding hydrogens is 304 g/mol. The molecule has 0 spiro atoms. The van der Waals surface area contributed by atoms with Crippen LogP contribution in [0.15, 0.2) is 22.7 Å². The van der Waals surface area contributed by atoms with Crippen LogP contribution in [0.25, 0.3) is 0 Å². The third-order valence-corrected chi connectivity index (χ3v) is 2.78. The Hall–Kier alpha value is -1.76. The largest absolute Gasteiger partial charge is 0.495 e. The first-order valence-electron chi connectivity index (χ1n) is 5.08. The van der Waals surface area contributed by atoms with Gasteiger partial charge in [-0.3, -0.25) is 4.79 Å². The van der Waals surface area contributed by atoms with E-state index in [0.717, 1.165) is 4.47 Å². The van der Waals surface area contributed by atoms with Crippen molar-refractivity contribution in [1.29, 1.82) is 0 Å². The topological polar surface area (TPSA) is 87.7 Å². The van der Waals surface area contributed by atoms with Gasteiger partial charge in [-0.2, -0.15) is 0 Å². The molecule has 0 aliphatic heterocycles. The van der Waals surface area contributed by atoms with Crippen molar-refractivity contribution in [2.45, 2.75) is 13.0 Å². The van der Waals surface area contributed by atoms with E-state index in [1.807, 2.05) is 0 Å². The van der Waals surface area contributed by atoms with Crippen molar-refractivity contribution >= 4 is 33.6 Å². The zero-order chi connectivity index (χ0) is 13.7. The Balaban J connectivity index is 2.67. The third-order valence-electron chi connectivity index (χ3n) is 2.13. The molecule has 18 heavy (non-hydrogen) atoms. The fourth-order valence-corrected chi connectivity index (χ4v) is 1.57. The summed E-state index contributed by atoms with van der Waals surface area (Å²) in [6.07, 6.45) is 0. The standard InChI is InChI=1S/C11H13BrN2O4/c1-6(10(15)16)13-11(17)14-7-3-4-8(12)9(5-7)18-2/h3-6H,1-2H3,(H,15,16)(H2,13,14,17)/t6-/m1/s1. The number of benzene rings is 1. The van der Waals surface area contributed by atoms with Crippen LogP contribution >= 0.6 is 15.9 Å². The van der Waals surface area contributed by atoms with E-state index in [1.165, 1.54) is 14.0 Å². The van der Waals surface area contributed by atoms with Gasteiger partial charge in [-0.25, -0.2) is 4.79 Å². The highest BCUT2D eigenvalue weighted by Gasteiger charge is 2.14. The lowest BCUT2D eigenvalue weighted by molar-refractivity contribution is -0.138. The molecule has 0 heterocycles. The number of aliphatic carboxylic acids is 1. The van der Waals surface area contributed by atoms with Gasteiger partial charge in [0.25, 0.3) is 0 Å². The number of nitrogens with one attached hydrogen (secondary N) is 2. The number of carbonyl (C=O) groups is 2. The number of ether oxygens (including phenoxy) is 1. The molecule has 0 aromatic heterocycles. The SMILES string of the molecule is COc1cc(NC(=O)N[C@H](C)C(=O)O)ccc1Br. The van der Waals surface area contributed by atoms with E-state index in [0.29, 0.717) is 11.4 Å². The summed E-state index contributed by atoms with van der Waals surface area (Å²) in [5.41, 5.74) is 0.505. The number of hydrogen-bond acceptors (Lipinski definition) is 3. The van der Waals surface area contributed by atoms with E-state index < -0.39 is 18.0 Å². The molecule has 7 heteroatoms. The quantitative estimate of drug-likeness (QED) is 0.793. The molecule has 0 unspecified atom stereocenters. The molecule has 98 valence electrons. The van der Waals surface area contributed by atoms with Gasteiger partial charge in [0, 0.05) is 11.8 Å². The molecule has 0 saturated heterocycles. The minimum atomic E-state index is -1.10. The normalized spacial score (nSPS) is 11.5. The van der Waals surface area contributed by atoms with Gasteiger partial charge in [-0.1, -0.05) is 0 Å². The minimum absolute atomic E-state index is 0.505. The van der Waals surface area contributed by atoms with E-state index in [-0.39, 0.29) is 0 Å². The van der Waals surface area contributed by atoms with Crippen molar-refractivity contribution in [2.75, 3.05) is 12.4 Å². The van der Waals surface area contributed by atoms with E-state index in [2.05, 4.69) is 26.6 Å². The summed E-state index contributed by atoms with van der Waals surface area (Å²) in [6.45, 7) is 1.38. The molecule has 6 nitrogen and oxygen atoms in total. The van der Waals surface area contributed by atoms with Crippen molar-refractivity contribution < 1.29 is 19.4 Å². The highest BCUT2D eigenvalue weighted by molar-refractivity contribution is 9.10. The van der Waals surface area contributed by atoms with E-state index in [1.54, 1.807) is 18.2 Å².